The van der Waals surface area contributed by atoms with Crippen LogP contribution in [0.4, 0.5) is 0 Å². The molecule has 0 spiro atoms. The monoisotopic (exact) mass is 1840 g/mol. The quantitative estimate of drug-likeness (QED) is 0.0310. The van der Waals surface area contributed by atoms with Crippen LogP contribution in [0.1, 0.15) is 345 Å². The van der Waals surface area contributed by atoms with Crippen molar-refractivity contribution < 1.29 is 143 Å². The number of methoxy groups -OCH3 is 5. The average Bonchev–Trinajstić information content (AvgIpc) is 0.901. The van der Waals surface area contributed by atoms with E-state index >= 15 is 0 Å². The zero-order chi connectivity index (χ0) is 95.8. The highest BCUT2D eigenvalue weighted by molar-refractivity contribution is 5.76. The summed E-state index contributed by atoms with van der Waals surface area (Å²) in [6.45, 7) is 21.3. The summed E-state index contributed by atoms with van der Waals surface area (Å²) in [4.78, 5) is 157. The van der Waals surface area contributed by atoms with Crippen molar-refractivity contribution in [1.29, 1.82) is 0 Å². The Kier molecular flexibility index (Phi) is 71.3. The Morgan fingerprint density at radius 2 is 0.380 bits per heavy atom. The predicted molar refractivity (Wildman–Crippen MR) is 483 cm³/mol. The molecule has 0 heterocycles. The Labute approximate surface area is 772 Å². The highest BCUT2D eigenvalue weighted by Gasteiger charge is 2.33. The van der Waals surface area contributed by atoms with Gasteiger partial charge in [0.05, 0.1) is 95.8 Å². The Bertz CT molecular complexity index is 3030. The predicted octanol–water partition coefficient (Wildman–Crippen LogP) is 17.8. The second-order valence-corrected chi connectivity index (χ2v) is 35.9. The lowest BCUT2D eigenvalue weighted by atomic mass is 9.81. The van der Waals surface area contributed by atoms with Gasteiger partial charge in [-0.05, 0) is 292 Å². The molecule has 0 aliphatic heterocycles. The maximum atomic E-state index is 11.9. The lowest BCUT2D eigenvalue weighted by Gasteiger charge is -2.26. The van der Waals surface area contributed by atoms with Crippen LogP contribution in [0, 0.1) is 82.9 Å². The van der Waals surface area contributed by atoms with Crippen molar-refractivity contribution in [2.24, 2.45) is 82.9 Å². The fraction of sp³-hybridized carbons (Fsp3) is 0.859. The third kappa shape index (κ3) is 63.3. The molecule has 0 amide bonds. The number of carbonyl (C=O) groups is 14. The van der Waals surface area contributed by atoms with Crippen LogP contribution in [-0.4, -0.2) is 205 Å². The topological polar surface area (TPSA) is 387 Å². The maximum Gasteiger partial charge on any atom is 0.309 e. The van der Waals surface area contributed by atoms with Gasteiger partial charge in [-0.15, -0.1) is 0 Å². The fourth-order valence-corrected chi connectivity index (χ4v) is 16.6. The summed E-state index contributed by atoms with van der Waals surface area (Å²) in [5.74, 6) is 3.05. The van der Waals surface area contributed by atoms with Gasteiger partial charge in [0.15, 0.2) is 0 Å². The number of rotatable bonds is 45. The van der Waals surface area contributed by atoms with E-state index in [1.165, 1.54) is 61.9 Å². The zero-order valence-electron chi connectivity index (χ0n) is 81.6. The van der Waals surface area contributed by atoms with E-state index in [-0.39, 0.29) is 165 Å². The zero-order valence-corrected chi connectivity index (χ0v) is 81.6. The molecule has 7 aliphatic carbocycles. The molecule has 0 bridgehead atoms. The summed E-state index contributed by atoms with van der Waals surface area (Å²) in [5.41, 5.74) is 0. The smallest absolute Gasteiger partial charge is 0.309 e. The minimum atomic E-state index is -0.355. The van der Waals surface area contributed by atoms with Gasteiger partial charge >= 0.3 is 83.6 Å². The maximum absolute atomic E-state index is 11.9. The molecule has 30 nitrogen and oxygen atoms in total. The van der Waals surface area contributed by atoms with Gasteiger partial charge in [0, 0.05) is 74.4 Å². The van der Waals surface area contributed by atoms with Crippen molar-refractivity contribution in [2.75, 3.05) is 121 Å². The Morgan fingerprint density at radius 3 is 0.574 bits per heavy atom. The summed E-state index contributed by atoms with van der Waals surface area (Å²) in [6.07, 6.45) is 41.3. The minimum absolute atomic E-state index is 0.00423. The first-order chi connectivity index (χ1) is 61.9. The summed E-state index contributed by atoms with van der Waals surface area (Å²) in [5, 5.41) is 0. The molecule has 0 aromatic rings. The van der Waals surface area contributed by atoms with Crippen LogP contribution in [-0.2, 0) is 143 Å². The molecule has 7 aliphatic rings. The van der Waals surface area contributed by atoms with Crippen LogP contribution in [0.2, 0.25) is 0 Å². The van der Waals surface area contributed by atoms with Crippen LogP contribution < -0.4 is 0 Å². The van der Waals surface area contributed by atoms with Gasteiger partial charge < -0.3 is 75.8 Å². The molecule has 0 N–H and O–H groups in total. The molecule has 0 aromatic carbocycles. The molecule has 0 atom stereocenters. The third-order valence-corrected chi connectivity index (χ3v) is 25.2. The molecule has 7 saturated carbocycles. The number of carbonyl (C=O) groups excluding carboxylic acids is 14. The van der Waals surface area contributed by atoms with E-state index in [0.29, 0.717) is 64.1 Å². The van der Waals surface area contributed by atoms with Gasteiger partial charge in [0.2, 0.25) is 0 Å². The highest BCUT2D eigenvalue weighted by Crippen LogP contribution is 2.36. The lowest BCUT2D eigenvalue weighted by molar-refractivity contribution is -0.155. The van der Waals surface area contributed by atoms with Gasteiger partial charge in [-0.3, -0.25) is 67.1 Å². The van der Waals surface area contributed by atoms with E-state index in [2.05, 4.69) is 53.6 Å². The van der Waals surface area contributed by atoms with Gasteiger partial charge in [0.1, 0.15) is 39.6 Å². The van der Waals surface area contributed by atoms with Crippen molar-refractivity contribution in [1.82, 2.24) is 0 Å². The number of unbranched alkanes of at least 4 members (excludes halogenated alkanes) is 7. The molecular weight excluding hydrogens is 1670 g/mol. The minimum Gasteiger partial charge on any atom is -0.469 e. The fourth-order valence-electron chi connectivity index (χ4n) is 16.6. The third-order valence-electron chi connectivity index (χ3n) is 25.2. The Balaban J connectivity index is 0.000000754. The summed E-state index contributed by atoms with van der Waals surface area (Å²) < 4.78 is 79.2. The Morgan fingerprint density at radius 1 is 0.209 bits per heavy atom. The van der Waals surface area contributed by atoms with Crippen LogP contribution in [0.25, 0.3) is 0 Å². The van der Waals surface area contributed by atoms with Gasteiger partial charge in [0.25, 0.3) is 0 Å². The SMILES string of the molecule is CC(=O)OCCCCOC(=O)C1CCC(C)CC1.CC(=O)OCCOC(=O)C1CCC(C)CC1.CCC1CCC(C(=O)OCCCCCC(=O)OC)CC1.CCC1CCC(C(=O)OCCOC(C)=O)CC1.COC(=O)CCCCCOC(=O)C1CCC(C)CC1.COCC1CCC(C(=O)OCCCCCC(=O)OC)CC1.COCC1CCC(C(=O)OCCOC(C)=O)CC1. The Hall–Kier alpha value is -7.50. The molecule has 7 rings (SSSR count). The van der Waals surface area contributed by atoms with Gasteiger partial charge in [-0.1, -0.05) is 47.5 Å². The van der Waals surface area contributed by atoms with Crippen LogP contribution in [0.5, 0.6) is 0 Å². The summed E-state index contributed by atoms with van der Waals surface area (Å²) in [6, 6.07) is 0. The number of hydrogen-bond acceptors (Lipinski definition) is 30. The molecule has 0 aromatic heterocycles. The van der Waals surface area contributed by atoms with Crippen molar-refractivity contribution >= 4 is 83.6 Å². The van der Waals surface area contributed by atoms with E-state index in [0.717, 1.165) is 293 Å². The standard InChI is InChI=1S/C16H28O5.C16H28O4.C15H26O4.C14H24O4.C13H22O5.C13H22O4.C12H20O4/c1-19-12-13-7-9-14(10-8-13)16(18)21-11-5-3-4-6-15(17)20-2;1-3-13-8-10-14(11-9-13)16(18)20-12-6-4-5-7-15(17)19-2;1-12-7-9-13(10-8-12)15(17)19-11-5-3-4-6-14(16)18-2;1-11-5-7-13(8-6-11)14(16)18-10-4-3-9-17-12(2)15;1-10(14)17-7-8-18-13(15)12-5-3-11(4-6-12)9-16-2;1-3-11-4-6-12(7-5-11)13(15)17-9-8-16-10(2)14;1-9-3-5-11(6-4-9)12(14)16-8-7-15-10(2)13/h13-14H,3-12H2,1-2H3;13-14H,3-12H2,1-2H3;12-13H,3-11H2,1-2H3;11,13H,3-10H2,1-2H3;11-12H,3-9H2,1-2H3;11-12H,3-9H2,1-2H3;9,11H,3-8H2,1-2H3. The first kappa shape index (κ1) is 120. The van der Waals surface area contributed by atoms with E-state index < -0.39 is 0 Å². The molecular formula is C99H170O30. The van der Waals surface area contributed by atoms with E-state index in [9.17, 15) is 67.1 Å². The molecule has 0 saturated heterocycles. The normalized spacial score (nSPS) is 23.2. The summed E-state index contributed by atoms with van der Waals surface area (Å²) in [7, 11) is 7.62. The van der Waals surface area contributed by atoms with Crippen molar-refractivity contribution in [3.05, 3.63) is 0 Å². The highest BCUT2D eigenvalue weighted by atomic mass is 16.6. The molecule has 0 radical (unpaired) electrons. The molecule has 129 heavy (non-hydrogen) atoms. The van der Waals surface area contributed by atoms with Gasteiger partial charge in [-0.25, -0.2) is 0 Å². The lowest BCUT2D eigenvalue weighted by Crippen LogP contribution is -2.26. The van der Waals surface area contributed by atoms with E-state index in [4.69, 9.17) is 56.8 Å². The van der Waals surface area contributed by atoms with E-state index in [1.807, 2.05) is 0 Å². The molecule has 0 unspecified atom stereocenters. The number of hydrogen-bond donors (Lipinski definition) is 0. The van der Waals surface area contributed by atoms with Crippen molar-refractivity contribution in [3.8, 4) is 0 Å². The van der Waals surface area contributed by atoms with Crippen LogP contribution >= 0.6 is 0 Å². The van der Waals surface area contributed by atoms with E-state index in [1.54, 1.807) is 14.2 Å². The molecule has 746 valence electrons. The number of ether oxygens (including phenoxy) is 16. The summed E-state index contributed by atoms with van der Waals surface area (Å²) >= 11 is 0. The molecule has 7 fully saturated rings. The average molecular weight is 1840 g/mol. The largest absolute Gasteiger partial charge is 0.469 e. The second-order valence-electron chi connectivity index (χ2n) is 35.9. The second kappa shape index (κ2) is 77.0. The first-order valence-corrected chi connectivity index (χ1v) is 48.8. The van der Waals surface area contributed by atoms with Crippen molar-refractivity contribution in [2.45, 2.75) is 345 Å². The van der Waals surface area contributed by atoms with Crippen LogP contribution in [0.15, 0.2) is 0 Å². The first-order valence-electron chi connectivity index (χ1n) is 48.8. The number of esters is 14. The molecule has 30 heteroatoms. The van der Waals surface area contributed by atoms with Gasteiger partial charge in [-0.2, -0.15) is 0 Å². The van der Waals surface area contributed by atoms with Crippen molar-refractivity contribution in [3.63, 3.8) is 0 Å². The van der Waals surface area contributed by atoms with Crippen LogP contribution in [0.3, 0.4) is 0 Å².